The van der Waals surface area contributed by atoms with Crippen LogP contribution in [-0.2, 0) is 10.0 Å². The molecule has 0 amide bonds. The van der Waals surface area contributed by atoms with Gasteiger partial charge in [-0.1, -0.05) is 6.07 Å². The van der Waals surface area contributed by atoms with Crippen molar-refractivity contribution in [1.82, 2.24) is 4.31 Å². The molecule has 0 aliphatic rings. The van der Waals surface area contributed by atoms with Crippen LogP contribution in [0.15, 0.2) is 23.1 Å². The molecule has 3 N–H and O–H groups in total. The summed E-state index contributed by atoms with van der Waals surface area (Å²) < 4.78 is 25.8. The molecule has 1 rings (SSSR count). The fourth-order valence-corrected chi connectivity index (χ4v) is 3.44. The first-order chi connectivity index (χ1) is 9.89. The summed E-state index contributed by atoms with van der Waals surface area (Å²) in [5, 5.41) is 31.6. The molecular formula is C11H17N3O6S. The van der Waals surface area contributed by atoms with Gasteiger partial charge in [0.2, 0.25) is 10.0 Å². The number of benzene rings is 1. The lowest BCUT2D eigenvalue weighted by Gasteiger charge is -2.20. The van der Waals surface area contributed by atoms with E-state index in [0.717, 1.165) is 10.4 Å². The van der Waals surface area contributed by atoms with Crippen LogP contribution < -0.4 is 5.32 Å². The average molecular weight is 319 g/mol. The first kappa shape index (κ1) is 17.3. The predicted molar refractivity (Wildman–Crippen MR) is 75.6 cm³/mol. The highest BCUT2D eigenvalue weighted by molar-refractivity contribution is 7.89. The highest BCUT2D eigenvalue weighted by atomic mass is 32.2. The minimum absolute atomic E-state index is 0.0639. The van der Waals surface area contributed by atoms with Gasteiger partial charge in [-0.05, 0) is 12.1 Å². The van der Waals surface area contributed by atoms with Gasteiger partial charge in [-0.2, -0.15) is 4.31 Å². The Balaban J connectivity index is 3.46. The Labute approximate surface area is 122 Å². The second kappa shape index (κ2) is 7.31. The van der Waals surface area contributed by atoms with Gasteiger partial charge < -0.3 is 15.5 Å². The molecule has 0 spiro atoms. The van der Waals surface area contributed by atoms with Crippen LogP contribution >= 0.6 is 0 Å². The lowest BCUT2D eigenvalue weighted by molar-refractivity contribution is -0.386. The lowest BCUT2D eigenvalue weighted by Crippen LogP contribution is -2.36. The highest BCUT2D eigenvalue weighted by Crippen LogP contribution is 2.33. The van der Waals surface area contributed by atoms with E-state index in [0.29, 0.717) is 0 Å². The average Bonchev–Trinajstić information content (AvgIpc) is 2.45. The number of hydrogen-bond acceptors (Lipinski definition) is 7. The van der Waals surface area contributed by atoms with Gasteiger partial charge in [-0.15, -0.1) is 0 Å². The first-order valence-corrected chi connectivity index (χ1v) is 7.51. The molecular weight excluding hydrogens is 302 g/mol. The van der Waals surface area contributed by atoms with Gasteiger partial charge in [0.05, 0.1) is 18.1 Å². The number of hydrogen-bond donors (Lipinski definition) is 3. The Morgan fingerprint density at radius 1 is 1.29 bits per heavy atom. The van der Waals surface area contributed by atoms with E-state index in [1.54, 1.807) is 0 Å². The van der Waals surface area contributed by atoms with Crippen LogP contribution in [0.2, 0.25) is 0 Å². The van der Waals surface area contributed by atoms with Crippen LogP contribution in [0, 0.1) is 10.1 Å². The maximum atomic E-state index is 12.5. The number of sulfonamides is 1. The smallest absolute Gasteiger partial charge is 0.312 e. The number of anilines is 1. The van der Waals surface area contributed by atoms with Gasteiger partial charge in [0, 0.05) is 20.1 Å². The van der Waals surface area contributed by atoms with Crippen LogP contribution in [0.4, 0.5) is 11.4 Å². The molecule has 1 aromatic carbocycles. The van der Waals surface area contributed by atoms with Crippen molar-refractivity contribution in [2.75, 3.05) is 38.7 Å². The molecule has 0 atom stereocenters. The van der Waals surface area contributed by atoms with Crippen molar-refractivity contribution >= 4 is 21.4 Å². The number of nitrogens with one attached hydrogen (secondary N) is 1. The van der Waals surface area contributed by atoms with Gasteiger partial charge in [0.15, 0.2) is 4.90 Å². The molecule has 0 radical (unpaired) electrons. The molecule has 0 saturated carbocycles. The van der Waals surface area contributed by atoms with E-state index in [2.05, 4.69) is 5.32 Å². The van der Waals surface area contributed by atoms with E-state index < -0.39 is 38.7 Å². The van der Waals surface area contributed by atoms with Crippen molar-refractivity contribution in [3.8, 4) is 0 Å². The van der Waals surface area contributed by atoms with E-state index in [9.17, 15) is 18.5 Å². The topological polar surface area (TPSA) is 133 Å². The second-order valence-electron chi connectivity index (χ2n) is 4.01. The summed E-state index contributed by atoms with van der Waals surface area (Å²) in [6, 6.07) is 3.89. The number of aliphatic hydroxyl groups is 2. The lowest BCUT2D eigenvalue weighted by atomic mass is 10.3. The molecule has 0 aliphatic carbocycles. The summed E-state index contributed by atoms with van der Waals surface area (Å²) in [5.41, 5.74) is -0.505. The normalized spacial score (nSPS) is 11.6. The summed E-state index contributed by atoms with van der Waals surface area (Å²) in [5.74, 6) is 0. The quantitative estimate of drug-likeness (QED) is 0.439. The van der Waals surface area contributed by atoms with Crippen molar-refractivity contribution in [3.05, 3.63) is 28.3 Å². The SMILES string of the molecule is CNc1cccc(S(=O)(=O)N(CCO)CCO)c1[N+](=O)[O-]. The minimum Gasteiger partial charge on any atom is -0.395 e. The Morgan fingerprint density at radius 2 is 1.86 bits per heavy atom. The maximum absolute atomic E-state index is 12.5. The molecule has 0 bridgehead atoms. The van der Waals surface area contributed by atoms with Gasteiger partial charge in [-0.3, -0.25) is 10.1 Å². The second-order valence-corrected chi connectivity index (χ2v) is 5.92. The van der Waals surface area contributed by atoms with Crippen molar-refractivity contribution in [2.24, 2.45) is 0 Å². The van der Waals surface area contributed by atoms with Crippen molar-refractivity contribution in [3.63, 3.8) is 0 Å². The van der Waals surface area contributed by atoms with Crippen LogP contribution in [0.3, 0.4) is 0 Å². The summed E-state index contributed by atoms with van der Waals surface area (Å²) in [4.78, 5) is 9.90. The molecule has 118 valence electrons. The van der Waals surface area contributed by atoms with Crippen LogP contribution in [0.5, 0.6) is 0 Å². The van der Waals surface area contributed by atoms with E-state index in [4.69, 9.17) is 10.2 Å². The molecule has 0 unspecified atom stereocenters. The molecule has 0 aliphatic heterocycles. The monoisotopic (exact) mass is 319 g/mol. The fraction of sp³-hybridized carbons (Fsp3) is 0.455. The summed E-state index contributed by atoms with van der Waals surface area (Å²) in [6.07, 6.45) is 0. The number of nitrogens with zero attached hydrogens (tertiary/aromatic N) is 2. The van der Waals surface area contributed by atoms with Crippen molar-refractivity contribution in [2.45, 2.75) is 4.90 Å². The first-order valence-electron chi connectivity index (χ1n) is 6.07. The number of para-hydroxylation sites is 1. The summed E-state index contributed by atoms with van der Waals surface area (Å²) in [6.45, 7) is -1.44. The summed E-state index contributed by atoms with van der Waals surface area (Å²) in [7, 11) is -2.76. The molecule has 0 aromatic heterocycles. The van der Waals surface area contributed by atoms with Gasteiger partial charge >= 0.3 is 5.69 Å². The third-order valence-electron chi connectivity index (χ3n) is 2.77. The largest absolute Gasteiger partial charge is 0.395 e. The Bertz CT molecular complexity index is 598. The molecule has 0 saturated heterocycles. The Kier molecular flexibility index (Phi) is 6.03. The molecule has 0 fully saturated rings. The van der Waals surface area contributed by atoms with Gasteiger partial charge in [0.1, 0.15) is 5.69 Å². The predicted octanol–water partition coefficient (Wildman–Crippen LogP) is -0.388. The molecule has 1 aromatic rings. The molecule has 21 heavy (non-hydrogen) atoms. The minimum atomic E-state index is -4.20. The number of nitro benzene ring substituents is 1. The molecule has 9 nitrogen and oxygen atoms in total. The highest BCUT2D eigenvalue weighted by Gasteiger charge is 2.33. The van der Waals surface area contributed by atoms with Crippen molar-refractivity contribution in [1.29, 1.82) is 0 Å². The van der Waals surface area contributed by atoms with Crippen LogP contribution in [0.25, 0.3) is 0 Å². The molecule has 10 heteroatoms. The molecule has 0 heterocycles. The van der Waals surface area contributed by atoms with E-state index in [1.165, 1.54) is 19.2 Å². The Morgan fingerprint density at radius 3 is 2.29 bits per heavy atom. The maximum Gasteiger partial charge on any atom is 0.312 e. The van der Waals surface area contributed by atoms with Crippen LogP contribution in [-0.4, -0.2) is 61.2 Å². The van der Waals surface area contributed by atoms with E-state index >= 15 is 0 Å². The summed E-state index contributed by atoms with van der Waals surface area (Å²) >= 11 is 0. The zero-order valence-electron chi connectivity index (χ0n) is 11.4. The zero-order chi connectivity index (χ0) is 16.0. The zero-order valence-corrected chi connectivity index (χ0v) is 12.2. The third kappa shape index (κ3) is 3.67. The number of nitro groups is 1. The number of aliphatic hydroxyl groups excluding tert-OH is 2. The third-order valence-corrected chi connectivity index (χ3v) is 4.70. The van der Waals surface area contributed by atoms with Crippen molar-refractivity contribution < 1.29 is 23.6 Å². The fourth-order valence-electron chi connectivity index (χ4n) is 1.83. The van der Waals surface area contributed by atoms with Gasteiger partial charge in [-0.25, -0.2) is 8.42 Å². The standard InChI is InChI=1S/C11H17N3O6S/c1-12-9-3-2-4-10(11(9)14(17)18)21(19,20)13(5-7-15)6-8-16/h2-4,12,15-16H,5-8H2,1H3. The van der Waals surface area contributed by atoms with E-state index in [-0.39, 0.29) is 18.8 Å². The van der Waals surface area contributed by atoms with Crippen LogP contribution in [0.1, 0.15) is 0 Å². The van der Waals surface area contributed by atoms with E-state index in [1.807, 2.05) is 0 Å². The number of rotatable bonds is 8. The Hall–Kier alpha value is -1.75. The van der Waals surface area contributed by atoms with Gasteiger partial charge in [0.25, 0.3) is 0 Å².